The van der Waals surface area contributed by atoms with Crippen molar-refractivity contribution < 1.29 is 4.79 Å². The van der Waals surface area contributed by atoms with Crippen LogP contribution < -0.4 is 0 Å². The highest BCUT2D eigenvalue weighted by Gasteiger charge is 2.12. The van der Waals surface area contributed by atoms with Gasteiger partial charge in [0, 0.05) is 7.05 Å². The maximum atomic E-state index is 10.7. The summed E-state index contributed by atoms with van der Waals surface area (Å²) in [6.07, 6.45) is 3.46. The number of rotatable bonds is 5. The van der Waals surface area contributed by atoms with Gasteiger partial charge >= 0.3 is 0 Å². The monoisotopic (exact) mass is 189 g/mol. The first-order chi connectivity index (χ1) is 6.79. The Labute approximate surface area is 84.9 Å². The van der Waals surface area contributed by atoms with Gasteiger partial charge in [-0.05, 0) is 12.0 Å². The number of hydrogen-bond donors (Lipinski definition) is 0. The van der Waals surface area contributed by atoms with E-state index in [2.05, 4.69) is 6.58 Å². The van der Waals surface area contributed by atoms with Crippen molar-refractivity contribution in [1.82, 2.24) is 4.90 Å². The van der Waals surface area contributed by atoms with Crippen LogP contribution >= 0.6 is 0 Å². The molecule has 0 unspecified atom stereocenters. The summed E-state index contributed by atoms with van der Waals surface area (Å²) in [6.45, 7) is 3.70. The van der Waals surface area contributed by atoms with Gasteiger partial charge in [-0.25, -0.2) is 0 Å². The van der Waals surface area contributed by atoms with Crippen molar-refractivity contribution >= 4 is 6.41 Å². The fourth-order valence-corrected chi connectivity index (χ4v) is 1.44. The molecular weight excluding hydrogens is 174 g/mol. The summed E-state index contributed by atoms with van der Waals surface area (Å²) in [7, 11) is 1.79. The number of amides is 1. The van der Waals surface area contributed by atoms with Crippen LogP contribution in [0.25, 0.3) is 0 Å². The smallest absolute Gasteiger partial charge is 0.209 e. The number of carbonyl (C=O) groups is 1. The van der Waals surface area contributed by atoms with Crippen LogP contribution in [0.3, 0.4) is 0 Å². The first-order valence-corrected chi connectivity index (χ1v) is 4.62. The first-order valence-electron chi connectivity index (χ1n) is 4.62. The third-order valence-electron chi connectivity index (χ3n) is 2.23. The van der Waals surface area contributed by atoms with Crippen molar-refractivity contribution in [2.75, 3.05) is 7.05 Å². The summed E-state index contributed by atoms with van der Waals surface area (Å²) in [5, 5.41) is 0. The van der Waals surface area contributed by atoms with E-state index in [1.54, 1.807) is 11.9 Å². The number of benzene rings is 1. The Morgan fingerprint density at radius 2 is 2.07 bits per heavy atom. The second kappa shape index (κ2) is 5.22. The first kappa shape index (κ1) is 10.5. The van der Waals surface area contributed by atoms with E-state index in [0.717, 1.165) is 18.4 Å². The molecule has 0 saturated carbocycles. The van der Waals surface area contributed by atoms with Crippen molar-refractivity contribution in [2.24, 2.45) is 0 Å². The maximum absolute atomic E-state index is 10.7. The van der Waals surface area contributed by atoms with Crippen LogP contribution in [0.15, 0.2) is 43.0 Å². The predicted molar refractivity (Wildman–Crippen MR) is 57.8 cm³/mol. The summed E-state index contributed by atoms with van der Waals surface area (Å²) >= 11 is 0. The van der Waals surface area contributed by atoms with Crippen molar-refractivity contribution in [3.63, 3.8) is 0 Å². The van der Waals surface area contributed by atoms with Crippen LogP contribution in [-0.4, -0.2) is 18.4 Å². The maximum Gasteiger partial charge on any atom is 0.209 e. The molecule has 2 nitrogen and oxygen atoms in total. The van der Waals surface area contributed by atoms with Crippen molar-refractivity contribution in [2.45, 2.75) is 12.5 Å². The molecule has 0 aliphatic carbocycles. The molecule has 0 N–H and O–H groups in total. The van der Waals surface area contributed by atoms with Crippen LogP contribution in [0.4, 0.5) is 0 Å². The van der Waals surface area contributed by atoms with Crippen LogP contribution in [-0.2, 0) is 4.79 Å². The fourth-order valence-electron chi connectivity index (χ4n) is 1.44. The molecule has 2 heteroatoms. The normalized spacial score (nSPS) is 11.8. The standard InChI is InChI=1S/C12H15NO/c1-3-7-12(13(2)10-14)11-8-5-4-6-9-11/h3-6,8-10,12H,1,7H2,2H3/t12-/m0/s1. The molecule has 0 heterocycles. The summed E-state index contributed by atoms with van der Waals surface area (Å²) in [5.41, 5.74) is 1.14. The van der Waals surface area contributed by atoms with Crippen molar-refractivity contribution in [1.29, 1.82) is 0 Å². The zero-order valence-corrected chi connectivity index (χ0v) is 8.39. The van der Waals surface area contributed by atoms with Gasteiger partial charge in [-0.3, -0.25) is 4.79 Å². The third kappa shape index (κ3) is 2.46. The molecule has 0 saturated heterocycles. The van der Waals surface area contributed by atoms with Gasteiger partial charge in [0.15, 0.2) is 0 Å². The molecule has 0 bridgehead atoms. The molecule has 1 aromatic carbocycles. The molecule has 0 fully saturated rings. The summed E-state index contributed by atoms with van der Waals surface area (Å²) in [5.74, 6) is 0. The van der Waals surface area contributed by atoms with Crippen LogP contribution in [0.1, 0.15) is 18.0 Å². The van der Waals surface area contributed by atoms with Crippen molar-refractivity contribution in [3.8, 4) is 0 Å². The lowest BCUT2D eigenvalue weighted by Crippen LogP contribution is -2.22. The second-order valence-electron chi connectivity index (χ2n) is 3.22. The highest BCUT2D eigenvalue weighted by atomic mass is 16.1. The molecular formula is C12H15NO. The summed E-state index contributed by atoms with van der Waals surface area (Å²) in [6, 6.07) is 10.1. The lowest BCUT2D eigenvalue weighted by molar-refractivity contribution is -0.118. The minimum Gasteiger partial charge on any atom is -0.341 e. The topological polar surface area (TPSA) is 20.3 Å². The third-order valence-corrected chi connectivity index (χ3v) is 2.23. The molecule has 1 aromatic rings. The highest BCUT2D eigenvalue weighted by molar-refractivity contribution is 5.48. The van der Waals surface area contributed by atoms with Crippen LogP contribution in [0.2, 0.25) is 0 Å². The van der Waals surface area contributed by atoms with Crippen LogP contribution in [0.5, 0.6) is 0 Å². The molecule has 14 heavy (non-hydrogen) atoms. The Kier molecular flexibility index (Phi) is 3.92. The zero-order valence-electron chi connectivity index (χ0n) is 8.39. The van der Waals surface area contributed by atoms with Gasteiger partial charge in [0.25, 0.3) is 0 Å². The summed E-state index contributed by atoms with van der Waals surface area (Å²) < 4.78 is 0. The Hall–Kier alpha value is -1.57. The molecule has 0 radical (unpaired) electrons. The molecule has 0 spiro atoms. The van der Waals surface area contributed by atoms with E-state index in [1.165, 1.54) is 0 Å². The van der Waals surface area contributed by atoms with E-state index in [0.29, 0.717) is 0 Å². The predicted octanol–water partition coefficient (Wildman–Crippen LogP) is 2.39. The van der Waals surface area contributed by atoms with E-state index < -0.39 is 0 Å². The van der Waals surface area contributed by atoms with Gasteiger partial charge in [0.1, 0.15) is 0 Å². The van der Waals surface area contributed by atoms with Crippen LogP contribution in [0, 0.1) is 0 Å². The molecule has 1 amide bonds. The lowest BCUT2D eigenvalue weighted by atomic mass is 10.0. The molecule has 1 rings (SSSR count). The van der Waals surface area contributed by atoms with Gasteiger partial charge in [-0.1, -0.05) is 36.4 Å². The van der Waals surface area contributed by atoms with Gasteiger partial charge in [-0.15, -0.1) is 6.58 Å². The Bertz CT molecular complexity index is 294. The number of nitrogens with zero attached hydrogens (tertiary/aromatic N) is 1. The van der Waals surface area contributed by atoms with Gasteiger partial charge in [-0.2, -0.15) is 0 Å². The minimum absolute atomic E-state index is 0.103. The second-order valence-corrected chi connectivity index (χ2v) is 3.22. The molecule has 74 valence electrons. The van der Waals surface area contributed by atoms with Gasteiger partial charge in [0.2, 0.25) is 6.41 Å². The average Bonchev–Trinajstić information content (AvgIpc) is 2.26. The Morgan fingerprint density at radius 1 is 1.43 bits per heavy atom. The lowest BCUT2D eigenvalue weighted by Gasteiger charge is -2.23. The van der Waals surface area contributed by atoms with Gasteiger partial charge < -0.3 is 4.90 Å². The van der Waals surface area contributed by atoms with E-state index >= 15 is 0 Å². The largest absolute Gasteiger partial charge is 0.341 e. The van der Waals surface area contributed by atoms with E-state index in [1.807, 2.05) is 36.4 Å². The molecule has 0 aromatic heterocycles. The average molecular weight is 189 g/mol. The number of hydrogen-bond acceptors (Lipinski definition) is 1. The zero-order chi connectivity index (χ0) is 10.4. The van der Waals surface area contributed by atoms with Gasteiger partial charge in [0.05, 0.1) is 6.04 Å². The molecule has 1 atom stereocenters. The number of carbonyl (C=O) groups excluding carboxylic acids is 1. The minimum atomic E-state index is 0.103. The summed E-state index contributed by atoms with van der Waals surface area (Å²) in [4.78, 5) is 12.3. The quantitative estimate of drug-likeness (QED) is 0.514. The highest BCUT2D eigenvalue weighted by Crippen LogP contribution is 2.21. The van der Waals surface area contributed by atoms with Crippen molar-refractivity contribution in [3.05, 3.63) is 48.6 Å². The molecule has 0 aliphatic rings. The van der Waals surface area contributed by atoms with E-state index in [-0.39, 0.29) is 6.04 Å². The molecule has 0 aliphatic heterocycles. The Balaban J connectivity index is 2.87. The van der Waals surface area contributed by atoms with E-state index in [4.69, 9.17) is 0 Å². The van der Waals surface area contributed by atoms with E-state index in [9.17, 15) is 4.79 Å². The SMILES string of the molecule is C=CC[C@@H](c1ccccc1)N(C)C=O. The Morgan fingerprint density at radius 3 is 2.57 bits per heavy atom. The fraction of sp³-hybridized carbons (Fsp3) is 0.250.